The summed E-state index contributed by atoms with van der Waals surface area (Å²) in [6, 6.07) is 6.17. The average Bonchev–Trinajstić information content (AvgIpc) is 3.44. The molecule has 148 valence electrons. The molecule has 2 aliphatic carbocycles. The van der Waals surface area contributed by atoms with E-state index >= 15 is 0 Å². The molecular weight excluding hydrogens is 376 g/mol. The Morgan fingerprint density at radius 3 is 2.54 bits per heavy atom. The molecule has 0 N–H and O–H groups in total. The summed E-state index contributed by atoms with van der Waals surface area (Å²) in [5.41, 5.74) is 1.69. The molecular formula is C22H25ClN2O3. The summed E-state index contributed by atoms with van der Waals surface area (Å²) in [6.07, 6.45) is 6.57. The van der Waals surface area contributed by atoms with Gasteiger partial charge in [-0.05, 0) is 56.6 Å². The lowest BCUT2D eigenvalue weighted by molar-refractivity contribution is -0.136. The Balaban J connectivity index is 1.45. The summed E-state index contributed by atoms with van der Waals surface area (Å²) in [5.74, 6) is 2.69. The molecule has 0 spiro atoms. The molecule has 0 atom stereocenters. The fourth-order valence-electron chi connectivity index (χ4n) is 4.38. The highest BCUT2D eigenvalue weighted by Crippen LogP contribution is 2.38. The third kappa shape index (κ3) is 3.41. The minimum Gasteiger partial charge on any atom is -0.454 e. The van der Waals surface area contributed by atoms with E-state index in [1.807, 2.05) is 18.2 Å². The first kappa shape index (κ1) is 18.0. The molecule has 1 aromatic heterocycles. The Hall–Kier alpha value is -2.01. The van der Waals surface area contributed by atoms with E-state index in [-0.39, 0.29) is 12.7 Å². The van der Waals surface area contributed by atoms with Crippen molar-refractivity contribution < 1.29 is 14.3 Å². The maximum absolute atomic E-state index is 13.0. The Bertz CT molecular complexity index is 920. The van der Waals surface area contributed by atoms with Crippen molar-refractivity contribution in [2.45, 2.75) is 58.0 Å². The van der Waals surface area contributed by atoms with Crippen molar-refractivity contribution in [2.75, 3.05) is 6.79 Å². The molecule has 0 saturated heterocycles. The van der Waals surface area contributed by atoms with Gasteiger partial charge in [0.05, 0.1) is 5.52 Å². The fourth-order valence-corrected chi connectivity index (χ4v) is 4.59. The van der Waals surface area contributed by atoms with E-state index in [9.17, 15) is 4.79 Å². The zero-order valence-electron chi connectivity index (χ0n) is 16.1. The maximum atomic E-state index is 13.0. The van der Waals surface area contributed by atoms with Gasteiger partial charge in [-0.1, -0.05) is 18.5 Å². The zero-order chi connectivity index (χ0) is 19.3. The molecule has 28 heavy (non-hydrogen) atoms. The molecule has 6 heteroatoms. The smallest absolute Gasteiger partial charge is 0.231 e. The number of amides is 1. The van der Waals surface area contributed by atoms with E-state index < -0.39 is 0 Å². The normalized spacial score (nSPS) is 23.8. The van der Waals surface area contributed by atoms with Crippen LogP contribution in [0.5, 0.6) is 11.5 Å². The molecule has 3 aliphatic rings. The number of carbonyl (C=O) groups is 1. The van der Waals surface area contributed by atoms with Crippen molar-refractivity contribution in [1.82, 2.24) is 9.88 Å². The van der Waals surface area contributed by atoms with Crippen LogP contribution in [-0.4, -0.2) is 28.6 Å². The monoisotopic (exact) mass is 400 g/mol. The van der Waals surface area contributed by atoms with Crippen LogP contribution in [0.1, 0.15) is 51.0 Å². The highest BCUT2D eigenvalue weighted by atomic mass is 35.5. The molecule has 2 saturated carbocycles. The largest absolute Gasteiger partial charge is 0.454 e. The average molecular weight is 401 g/mol. The van der Waals surface area contributed by atoms with Crippen molar-refractivity contribution in [1.29, 1.82) is 0 Å². The van der Waals surface area contributed by atoms with Gasteiger partial charge in [-0.15, -0.1) is 0 Å². The minimum absolute atomic E-state index is 0.209. The molecule has 5 rings (SSSR count). The van der Waals surface area contributed by atoms with Crippen molar-refractivity contribution in [3.63, 3.8) is 0 Å². The number of hydrogen-bond donors (Lipinski definition) is 0. The maximum Gasteiger partial charge on any atom is 0.231 e. The first-order valence-corrected chi connectivity index (χ1v) is 10.7. The summed E-state index contributed by atoms with van der Waals surface area (Å²) in [6.45, 7) is 3.07. The van der Waals surface area contributed by atoms with Crippen LogP contribution in [0.4, 0.5) is 0 Å². The van der Waals surface area contributed by atoms with Gasteiger partial charge in [-0.2, -0.15) is 0 Å². The molecule has 2 fully saturated rings. The lowest BCUT2D eigenvalue weighted by Crippen LogP contribution is -2.42. The van der Waals surface area contributed by atoms with Crippen LogP contribution in [0.3, 0.4) is 0 Å². The van der Waals surface area contributed by atoms with Gasteiger partial charge in [0.15, 0.2) is 11.5 Å². The standard InChI is InChI=1S/C22H25ClN2O3/c1-13-2-6-17(7-3-13)25(22(26)14-4-5-14)11-16-8-15-9-19-20(28-12-27-19)10-18(15)24-21(16)23/h8-10,13-14,17H,2-7,11-12H2,1H3. The number of benzene rings is 1. The Labute approximate surface area is 170 Å². The molecule has 0 unspecified atom stereocenters. The summed E-state index contributed by atoms with van der Waals surface area (Å²) >= 11 is 6.54. The highest BCUT2D eigenvalue weighted by Gasteiger charge is 2.37. The van der Waals surface area contributed by atoms with E-state index in [1.165, 1.54) is 12.8 Å². The number of hydrogen-bond acceptors (Lipinski definition) is 4. The number of pyridine rings is 1. The summed E-state index contributed by atoms with van der Waals surface area (Å²) < 4.78 is 10.9. The van der Waals surface area contributed by atoms with Crippen molar-refractivity contribution in [2.24, 2.45) is 11.8 Å². The predicted octanol–water partition coefficient (Wildman–Crippen LogP) is 4.93. The van der Waals surface area contributed by atoms with E-state index in [1.54, 1.807) is 0 Å². The van der Waals surface area contributed by atoms with Gasteiger partial charge < -0.3 is 14.4 Å². The Morgan fingerprint density at radius 2 is 1.82 bits per heavy atom. The van der Waals surface area contributed by atoms with E-state index in [4.69, 9.17) is 21.1 Å². The lowest BCUT2D eigenvalue weighted by atomic mass is 9.86. The van der Waals surface area contributed by atoms with Crippen molar-refractivity contribution in [3.8, 4) is 11.5 Å². The van der Waals surface area contributed by atoms with Gasteiger partial charge in [-0.3, -0.25) is 4.79 Å². The SMILES string of the molecule is CC1CCC(N(Cc2cc3cc4c(cc3nc2Cl)OCO4)C(=O)C2CC2)CC1. The van der Waals surface area contributed by atoms with Gasteiger partial charge in [0, 0.05) is 35.5 Å². The van der Waals surface area contributed by atoms with Crippen LogP contribution in [-0.2, 0) is 11.3 Å². The highest BCUT2D eigenvalue weighted by molar-refractivity contribution is 6.30. The number of halogens is 1. The number of carbonyl (C=O) groups excluding carboxylic acids is 1. The molecule has 0 radical (unpaired) electrons. The third-order valence-corrected chi connectivity index (χ3v) is 6.64. The first-order chi connectivity index (χ1) is 13.6. The van der Waals surface area contributed by atoms with Crippen molar-refractivity contribution in [3.05, 3.63) is 28.9 Å². The van der Waals surface area contributed by atoms with Gasteiger partial charge in [0.1, 0.15) is 5.15 Å². The molecule has 0 bridgehead atoms. The molecule has 1 aromatic carbocycles. The topological polar surface area (TPSA) is 51.7 Å². The molecule has 1 aliphatic heterocycles. The second-order valence-corrected chi connectivity index (χ2v) is 8.85. The molecule has 2 heterocycles. The second-order valence-electron chi connectivity index (χ2n) is 8.49. The molecule has 2 aromatic rings. The van der Waals surface area contributed by atoms with Crippen LogP contribution in [0, 0.1) is 11.8 Å². The van der Waals surface area contributed by atoms with E-state index in [0.29, 0.717) is 29.4 Å². The van der Waals surface area contributed by atoms with Crippen molar-refractivity contribution >= 4 is 28.4 Å². The second kappa shape index (κ2) is 7.11. The predicted molar refractivity (Wildman–Crippen MR) is 108 cm³/mol. The third-order valence-electron chi connectivity index (χ3n) is 6.31. The Morgan fingerprint density at radius 1 is 1.11 bits per heavy atom. The van der Waals surface area contributed by atoms with Gasteiger partial charge >= 0.3 is 0 Å². The summed E-state index contributed by atoms with van der Waals surface area (Å²) in [7, 11) is 0. The summed E-state index contributed by atoms with van der Waals surface area (Å²) in [4.78, 5) is 19.7. The van der Waals surface area contributed by atoms with Crippen LogP contribution >= 0.6 is 11.6 Å². The van der Waals surface area contributed by atoms with Crippen LogP contribution in [0.2, 0.25) is 5.15 Å². The fraction of sp³-hybridized carbons (Fsp3) is 0.545. The number of nitrogens with zero attached hydrogens (tertiary/aromatic N) is 2. The zero-order valence-corrected chi connectivity index (χ0v) is 16.9. The van der Waals surface area contributed by atoms with Crippen LogP contribution in [0.15, 0.2) is 18.2 Å². The van der Waals surface area contributed by atoms with E-state index in [0.717, 1.165) is 53.8 Å². The molecule has 1 amide bonds. The number of aromatic nitrogens is 1. The van der Waals surface area contributed by atoms with Crippen LogP contribution < -0.4 is 9.47 Å². The van der Waals surface area contributed by atoms with Gasteiger partial charge in [0.2, 0.25) is 12.7 Å². The quantitative estimate of drug-likeness (QED) is 0.682. The number of ether oxygens (including phenoxy) is 2. The van der Waals surface area contributed by atoms with Crippen LogP contribution in [0.25, 0.3) is 10.9 Å². The number of rotatable bonds is 4. The minimum atomic E-state index is 0.209. The van der Waals surface area contributed by atoms with Gasteiger partial charge in [-0.25, -0.2) is 4.98 Å². The first-order valence-electron chi connectivity index (χ1n) is 10.3. The molecule has 5 nitrogen and oxygen atoms in total. The van der Waals surface area contributed by atoms with E-state index in [2.05, 4.69) is 16.8 Å². The van der Waals surface area contributed by atoms with Gasteiger partial charge in [0.25, 0.3) is 0 Å². The number of fused-ring (bicyclic) bond motifs is 2. The lowest BCUT2D eigenvalue weighted by Gasteiger charge is -2.36. The summed E-state index contributed by atoms with van der Waals surface area (Å²) in [5, 5.41) is 1.42. The Kier molecular flexibility index (Phi) is 4.58.